The molecule has 0 heterocycles. The Morgan fingerprint density at radius 1 is 1.35 bits per heavy atom. The lowest BCUT2D eigenvalue weighted by molar-refractivity contribution is 0.163. The molecule has 0 spiro atoms. The van der Waals surface area contributed by atoms with Crippen LogP contribution in [0.15, 0.2) is 24.3 Å². The highest BCUT2D eigenvalue weighted by molar-refractivity contribution is 6.31. The fourth-order valence-corrected chi connectivity index (χ4v) is 2.78. The molecule has 0 saturated heterocycles. The first-order valence-electron chi connectivity index (χ1n) is 7.66. The SMILES string of the molecule is COCCC(C)C(CNC1CC1)Cc1ccccc1Cl. The summed E-state index contributed by atoms with van der Waals surface area (Å²) >= 11 is 6.31. The van der Waals surface area contributed by atoms with Crippen LogP contribution in [0.5, 0.6) is 0 Å². The lowest BCUT2D eigenvalue weighted by Gasteiger charge is -2.25. The molecule has 2 rings (SSSR count). The highest BCUT2D eigenvalue weighted by Gasteiger charge is 2.24. The highest BCUT2D eigenvalue weighted by Crippen LogP contribution is 2.26. The molecule has 0 bridgehead atoms. The number of ether oxygens (including phenoxy) is 1. The normalized spacial score (nSPS) is 17.9. The van der Waals surface area contributed by atoms with Gasteiger partial charge in [-0.15, -0.1) is 0 Å². The molecule has 0 aromatic heterocycles. The summed E-state index contributed by atoms with van der Waals surface area (Å²) in [5.74, 6) is 1.25. The predicted octanol–water partition coefficient (Wildman–Crippen LogP) is 3.92. The Hall–Kier alpha value is -0.570. The lowest BCUT2D eigenvalue weighted by atomic mass is 9.86. The van der Waals surface area contributed by atoms with Crippen LogP contribution in [0.1, 0.15) is 31.7 Å². The summed E-state index contributed by atoms with van der Waals surface area (Å²) in [4.78, 5) is 0. The van der Waals surface area contributed by atoms with Gasteiger partial charge in [-0.2, -0.15) is 0 Å². The number of methoxy groups -OCH3 is 1. The molecule has 1 aromatic rings. The fourth-order valence-electron chi connectivity index (χ4n) is 2.57. The van der Waals surface area contributed by atoms with Crippen molar-refractivity contribution in [1.29, 1.82) is 0 Å². The van der Waals surface area contributed by atoms with Crippen LogP contribution in [0.4, 0.5) is 0 Å². The van der Waals surface area contributed by atoms with Crippen molar-refractivity contribution in [2.24, 2.45) is 11.8 Å². The molecule has 3 heteroatoms. The van der Waals surface area contributed by atoms with Crippen LogP contribution in [0.2, 0.25) is 5.02 Å². The third kappa shape index (κ3) is 5.08. The van der Waals surface area contributed by atoms with Crippen molar-refractivity contribution >= 4 is 11.6 Å². The van der Waals surface area contributed by atoms with Crippen molar-refractivity contribution in [3.63, 3.8) is 0 Å². The monoisotopic (exact) mass is 295 g/mol. The minimum Gasteiger partial charge on any atom is -0.385 e. The molecule has 1 N–H and O–H groups in total. The maximum atomic E-state index is 6.31. The summed E-state index contributed by atoms with van der Waals surface area (Å²) in [6.45, 7) is 4.25. The van der Waals surface area contributed by atoms with Gasteiger partial charge in [0.25, 0.3) is 0 Å². The topological polar surface area (TPSA) is 21.3 Å². The van der Waals surface area contributed by atoms with E-state index in [1.807, 2.05) is 12.1 Å². The van der Waals surface area contributed by atoms with Crippen molar-refractivity contribution < 1.29 is 4.74 Å². The van der Waals surface area contributed by atoms with Gasteiger partial charge < -0.3 is 10.1 Å². The van der Waals surface area contributed by atoms with E-state index in [0.717, 1.165) is 37.1 Å². The minimum absolute atomic E-state index is 0.616. The highest BCUT2D eigenvalue weighted by atomic mass is 35.5. The minimum atomic E-state index is 0.616. The van der Waals surface area contributed by atoms with E-state index < -0.39 is 0 Å². The van der Waals surface area contributed by atoms with Crippen molar-refractivity contribution in [3.8, 4) is 0 Å². The van der Waals surface area contributed by atoms with Crippen LogP contribution in [-0.4, -0.2) is 26.3 Å². The smallest absolute Gasteiger partial charge is 0.0464 e. The van der Waals surface area contributed by atoms with E-state index >= 15 is 0 Å². The maximum absolute atomic E-state index is 6.31. The second-order valence-electron chi connectivity index (χ2n) is 6.00. The zero-order valence-electron chi connectivity index (χ0n) is 12.6. The number of halogens is 1. The van der Waals surface area contributed by atoms with Gasteiger partial charge in [0.05, 0.1) is 0 Å². The molecule has 2 unspecified atom stereocenters. The molecule has 0 aliphatic heterocycles. The summed E-state index contributed by atoms with van der Waals surface area (Å²) in [6.07, 6.45) is 4.83. The van der Waals surface area contributed by atoms with E-state index in [2.05, 4.69) is 24.4 Å². The van der Waals surface area contributed by atoms with Gasteiger partial charge in [0.1, 0.15) is 0 Å². The van der Waals surface area contributed by atoms with Crippen molar-refractivity contribution in [1.82, 2.24) is 5.32 Å². The molecular weight excluding hydrogens is 270 g/mol. The van der Waals surface area contributed by atoms with Crippen LogP contribution < -0.4 is 5.32 Å². The summed E-state index contributed by atoms with van der Waals surface area (Å²) in [6, 6.07) is 8.97. The Bertz CT molecular complexity index is 406. The summed E-state index contributed by atoms with van der Waals surface area (Å²) in [5.41, 5.74) is 1.26. The van der Waals surface area contributed by atoms with E-state index in [1.165, 1.54) is 18.4 Å². The van der Waals surface area contributed by atoms with Gasteiger partial charge in [-0.3, -0.25) is 0 Å². The molecule has 1 saturated carbocycles. The van der Waals surface area contributed by atoms with Crippen LogP contribution >= 0.6 is 11.6 Å². The number of benzene rings is 1. The molecule has 1 aliphatic rings. The van der Waals surface area contributed by atoms with Gasteiger partial charge in [-0.1, -0.05) is 36.7 Å². The Morgan fingerprint density at radius 3 is 2.75 bits per heavy atom. The van der Waals surface area contributed by atoms with Gasteiger partial charge in [-0.25, -0.2) is 0 Å². The second kappa shape index (κ2) is 8.02. The fraction of sp³-hybridized carbons (Fsp3) is 0.647. The van der Waals surface area contributed by atoms with Crippen molar-refractivity contribution in [3.05, 3.63) is 34.9 Å². The standard InChI is InChI=1S/C17H26ClNO/c1-13(9-10-20-2)15(12-19-16-7-8-16)11-14-5-3-4-6-17(14)18/h3-6,13,15-16,19H,7-12H2,1-2H3. The first-order valence-corrected chi connectivity index (χ1v) is 8.04. The Kier molecular flexibility index (Phi) is 6.34. The first-order chi connectivity index (χ1) is 9.70. The molecular formula is C17H26ClNO. The summed E-state index contributed by atoms with van der Waals surface area (Å²) < 4.78 is 5.23. The number of hydrogen-bond donors (Lipinski definition) is 1. The van der Waals surface area contributed by atoms with E-state index in [-0.39, 0.29) is 0 Å². The van der Waals surface area contributed by atoms with E-state index in [4.69, 9.17) is 16.3 Å². The first kappa shape index (κ1) is 15.8. The van der Waals surface area contributed by atoms with Gasteiger partial charge in [0, 0.05) is 24.8 Å². The Morgan fingerprint density at radius 2 is 2.10 bits per heavy atom. The quantitative estimate of drug-likeness (QED) is 0.745. The molecule has 1 aliphatic carbocycles. The Balaban J connectivity index is 1.94. The third-order valence-corrected chi connectivity index (χ3v) is 4.64. The molecule has 112 valence electrons. The van der Waals surface area contributed by atoms with Crippen molar-refractivity contribution in [2.45, 2.75) is 38.6 Å². The molecule has 2 atom stereocenters. The number of nitrogens with one attached hydrogen (secondary N) is 1. The molecule has 1 fully saturated rings. The zero-order valence-corrected chi connectivity index (χ0v) is 13.3. The molecule has 2 nitrogen and oxygen atoms in total. The second-order valence-corrected chi connectivity index (χ2v) is 6.40. The van der Waals surface area contributed by atoms with Gasteiger partial charge in [0.15, 0.2) is 0 Å². The lowest BCUT2D eigenvalue weighted by Crippen LogP contribution is -2.30. The zero-order chi connectivity index (χ0) is 14.4. The van der Waals surface area contributed by atoms with E-state index in [9.17, 15) is 0 Å². The third-order valence-electron chi connectivity index (χ3n) is 4.27. The Labute approximate surface area is 127 Å². The maximum Gasteiger partial charge on any atom is 0.0464 e. The van der Waals surface area contributed by atoms with Crippen LogP contribution in [0, 0.1) is 11.8 Å². The van der Waals surface area contributed by atoms with Gasteiger partial charge in [-0.05, 0) is 55.7 Å². The average Bonchev–Trinajstić information content (AvgIpc) is 3.27. The van der Waals surface area contributed by atoms with Crippen LogP contribution in [0.3, 0.4) is 0 Å². The van der Waals surface area contributed by atoms with Crippen LogP contribution in [-0.2, 0) is 11.2 Å². The van der Waals surface area contributed by atoms with E-state index in [1.54, 1.807) is 7.11 Å². The molecule has 1 aromatic carbocycles. The van der Waals surface area contributed by atoms with Crippen LogP contribution in [0.25, 0.3) is 0 Å². The number of rotatable bonds is 9. The van der Waals surface area contributed by atoms with Gasteiger partial charge >= 0.3 is 0 Å². The summed E-state index contributed by atoms with van der Waals surface area (Å²) in [5, 5.41) is 4.56. The summed E-state index contributed by atoms with van der Waals surface area (Å²) in [7, 11) is 1.78. The molecule has 20 heavy (non-hydrogen) atoms. The largest absolute Gasteiger partial charge is 0.385 e. The average molecular weight is 296 g/mol. The van der Waals surface area contributed by atoms with E-state index in [0.29, 0.717) is 11.8 Å². The molecule has 0 amide bonds. The number of hydrogen-bond acceptors (Lipinski definition) is 2. The molecule has 0 radical (unpaired) electrons. The van der Waals surface area contributed by atoms with Gasteiger partial charge in [0.2, 0.25) is 0 Å². The predicted molar refractivity (Wildman–Crippen MR) is 85.3 cm³/mol. The van der Waals surface area contributed by atoms with Crippen molar-refractivity contribution in [2.75, 3.05) is 20.3 Å².